The monoisotopic (exact) mass is 248 g/mol. The smallest absolute Gasteiger partial charge is 0.134 e. The van der Waals surface area contributed by atoms with E-state index < -0.39 is 0 Å². The van der Waals surface area contributed by atoms with Crippen LogP contribution >= 0.6 is 0 Å². The van der Waals surface area contributed by atoms with Gasteiger partial charge in [-0.3, -0.25) is 0 Å². The molecule has 0 bridgehead atoms. The predicted molar refractivity (Wildman–Crippen MR) is 76.0 cm³/mol. The summed E-state index contributed by atoms with van der Waals surface area (Å²) in [5, 5.41) is 6.69. The fraction of sp³-hybridized carbons (Fsp3) is 0.714. The van der Waals surface area contributed by atoms with Gasteiger partial charge in [-0.25, -0.2) is 9.97 Å². The highest BCUT2D eigenvalue weighted by molar-refractivity contribution is 5.56. The molecule has 4 heteroatoms. The van der Waals surface area contributed by atoms with Crippen molar-refractivity contribution in [2.45, 2.75) is 52.5 Å². The van der Waals surface area contributed by atoms with Crippen molar-refractivity contribution < 1.29 is 0 Å². The van der Waals surface area contributed by atoms with Crippen molar-refractivity contribution >= 4 is 11.6 Å². The Morgan fingerprint density at radius 2 is 2.00 bits per heavy atom. The van der Waals surface area contributed by atoms with E-state index in [0.717, 1.165) is 17.2 Å². The van der Waals surface area contributed by atoms with E-state index in [1.807, 2.05) is 7.05 Å². The number of nitrogens with zero attached hydrogens (tertiary/aromatic N) is 2. The fourth-order valence-corrected chi connectivity index (χ4v) is 2.86. The summed E-state index contributed by atoms with van der Waals surface area (Å²) in [5.41, 5.74) is 1.55. The Labute approximate surface area is 110 Å². The van der Waals surface area contributed by atoms with Gasteiger partial charge in [0.2, 0.25) is 0 Å². The second-order valence-corrected chi connectivity index (χ2v) is 6.05. The van der Waals surface area contributed by atoms with E-state index in [0.29, 0.717) is 11.5 Å². The first-order valence-electron chi connectivity index (χ1n) is 6.78. The quantitative estimate of drug-likeness (QED) is 0.862. The number of anilines is 2. The molecule has 1 aromatic rings. The molecule has 0 radical (unpaired) electrons. The summed E-state index contributed by atoms with van der Waals surface area (Å²) >= 11 is 0. The molecular formula is C14H24N4. The Bertz CT molecular complexity index is 414. The molecule has 1 atom stereocenters. The normalized spacial score (nSPS) is 22.6. The molecule has 0 amide bonds. The van der Waals surface area contributed by atoms with Crippen LogP contribution in [0.1, 0.15) is 45.1 Å². The van der Waals surface area contributed by atoms with E-state index >= 15 is 0 Å². The fourth-order valence-electron chi connectivity index (χ4n) is 2.86. The summed E-state index contributed by atoms with van der Waals surface area (Å²) in [6, 6.07) is 0.534. The van der Waals surface area contributed by atoms with E-state index in [4.69, 9.17) is 0 Å². The Hall–Kier alpha value is -1.32. The summed E-state index contributed by atoms with van der Waals surface area (Å²) < 4.78 is 0. The summed E-state index contributed by atoms with van der Waals surface area (Å²) in [6.45, 7) is 6.77. The first-order valence-corrected chi connectivity index (χ1v) is 6.78. The number of nitrogens with one attached hydrogen (secondary N) is 2. The summed E-state index contributed by atoms with van der Waals surface area (Å²) in [7, 11) is 1.89. The molecular weight excluding hydrogens is 224 g/mol. The Morgan fingerprint density at radius 3 is 2.67 bits per heavy atom. The van der Waals surface area contributed by atoms with Crippen LogP contribution in [0, 0.1) is 12.3 Å². The van der Waals surface area contributed by atoms with Gasteiger partial charge in [-0.2, -0.15) is 0 Å². The lowest BCUT2D eigenvalue weighted by atomic mass is 9.75. The molecule has 1 heterocycles. The SMILES string of the molecule is CNc1ncnc(NC2CCCC(C)(C)C2)c1C. The summed E-state index contributed by atoms with van der Waals surface area (Å²) in [4.78, 5) is 8.58. The highest BCUT2D eigenvalue weighted by atomic mass is 15.1. The first-order chi connectivity index (χ1) is 8.52. The highest BCUT2D eigenvalue weighted by Gasteiger charge is 2.28. The van der Waals surface area contributed by atoms with Crippen molar-refractivity contribution in [3.63, 3.8) is 0 Å². The molecule has 1 fully saturated rings. The second-order valence-electron chi connectivity index (χ2n) is 6.05. The van der Waals surface area contributed by atoms with Crippen molar-refractivity contribution in [1.29, 1.82) is 0 Å². The maximum Gasteiger partial charge on any atom is 0.134 e. The number of aromatic nitrogens is 2. The minimum absolute atomic E-state index is 0.447. The standard InChI is InChI=1S/C14H24N4/c1-10-12(15-4)16-9-17-13(10)18-11-6-5-7-14(2,3)8-11/h9,11H,5-8H2,1-4H3,(H2,15,16,17,18). The number of rotatable bonds is 3. The average Bonchev–Trinajstić information content (AvgIpc) is 2.31. The zero-order valence-electron chi connectivity index (χ0n) is 11.9. The van der Waals surface area contributed by atoms with Gasteiger partial charge in [-0.1, -0.05) is 20.3 Å². The number of hydrogen-bond acceptors (Lipinski definition) is 4. The van der Waals surface area contributed by atoms with Gasteiger partial charge in [-0.05, 0) is 31.6 Å². The molecule has 1 unspecified atom stereocenters. The maximum atomic E-state index is 4.37. The van der Waals surface area contributed by atoms with Gasteiger partial charge < -0.3 is 10.6 Å². The summed E-state index contributed by atoms with van der Waals surface area (Å²) in [6.07, 6.45) is 6.70. The van der Waals surface area contributed by atoms with Gasteiger partial charge in [0.1, 0.15) is 18.0 Å². The second kappa shape index (κ2) is 5.12. The zero-order chi connectivity index (χ0) is 13.2. The van der Waals surface area contributed by atoms with Crippen LogP contribution in [-0.2, 0) is 0 Å². The molecule has 0 aliphatic heterocycles. The van der Waals surface area contributed by atoms with Crippen molar-refractivity contribution in [3.8, 4) is 0 Å². The molecule has 2 rings (SSSR count). The Morgan fingerprint density at radius 1 is 1.28 bits per heavy atom. The molecule has 4 nitrogen and oxygen atoms in total. The van der Waals surface area contributed by atoms with Crippen LogP contribution in [0.2, 0.25) is 0 Å². The van der Waals surface area contributed by atoms with E-state index in [1.165, 1.54) is 25.7 Å². The third-order valence-corrected chi connectivity index (χ3v) is 3.87. The molecule has 0 aromatic carbocycles. The minimum Gasteiger partial charge on any atom is -0.373 e. The van der Waals surface area contributed by atoms with Gasteiger partial charge in [0.25, 0.3) is 0 Å². The molecule has 100 valence electrons. The summed E-state index contributed by atoms with van der Waals surface area (Å²) in [5.74, 6) is 1.87. The van der Waals surface area contributed by atoms with Gasteiger partial charge >= 0.3 is 0 Å². The lowest BCUT2D eigenvalue weighted by molar-refractivity contribution is 0.229. The molecule has 0 spiro atoms. The van der Waals surface area contributed by atoms with Crippen LogP contribution in [0.5, 0.6) is 0 Å². The third-order valence-electron chi connectivity index (χ3n) is 3.87. The molecule has 1 aliphatic carbocycles. The third kappa shape index (κ3) is 2.92. The molecule has 0 saturated heterocycles. The maximum absolute atomic E-state index is 4.37. The molecule has 1 aromatic heterocycles. The van der Waals surface area contributed by atoms with E-state index in [1.54, 1.807) is 6.33 Å². The van der Waals surface area contributed by atoms with Crippen molar-refractivity contribution in [2.24, 2.45) is 5.41 Å². The van der Waals surface area contributed by atoms with E-state index in [9.17, 15) is 0 Å². The minimum atomic E-state index is 0.447. The molecule has 18 heavy (non-hydrogen) atoms. The van der Waals surface area contributed by atoms with Crippen LogP contribution in [0.4, 0.5) is 11.6 Å². The van der Waals surface area contributed by atoms with Crippen molar-refractivity contribution in [2.75, 3.05) is 17.7 Å². The van der Waals surface area contributed by atoms with Crippen molar-refractivity contribution in [3.05, 3.63) is 11.9 Å². The van der Waals surface area contributed by atoms with Crippen LogP contribution in [0.15, 0.2) is 6.33 Å². The zero-order valence-corrected chi connectivity index (χ0v) is 11.9. The van der Waals surface area contributed by atoms with Gasteiger partial charge in [-0.15, -0.1) is 0 Å². The largest absolute Gasteiger partial charge is 0.373 e. The van der Waals surface area contributed by atoms with Gasteiger partial charge in [0.15, 0.2) is 0 Å². The first kappa shape index (κ1) is 13.1. The van der Waals surface area contributed by atoms with Crippen LogP contribution < -0.4 is 10.6 Å². The van der Waals surface area contributed by atoms with E-state index in [2.05, 4.69) is 41.4 Å². The lowest BCUT2D eigenvalue weighted by Gasteiger charge is -2.36. The number of hydrogen-bond donors (Lipinski definition) is 2. The topological polar surface area (TPSA) is 49.8 Å². The Kier molecular flexibility index (Phi) is 3.73. The lowest BCUT2D eigenvalue weighted by Crippen LogP contribution is -2.32. The molecule has 1 saturated carbocycles. The van der Waals surface area contributed by atoms with Crippen LogP contribution in [0.3, 0.4) is 0 Å². The average molecular weight is 248 g/mol. The predicted octanol–water partition coefficient (Wildman–Crippen LogP) is 3.21. The van der Waals surface area contributed by atoms with Crippen LogP contribution in [-0.4, -0.2) is 23.1 Å². The molecule has 2 N–H and O–H groups in total. The highest BCUT2D eigenvalue weighted by Crippen LogP contribution is 2.36. The van der Waals surface area contributed by atoms with Gasteiger partial charge in [0.05, 0.1) is 0 Å². The van der Waals surface area contributed by atoms with E-state index in [-0.39, 0.29) is 0 Å². The van der Waals surface area contributed by atoms with Crippen LogP contribution in [0.25, 0.3) is 0 Å². The molecule has 1 aliphatic rings. The van der Waals surface area contributed by atoms with Crippen molar-refractivity contribution in [1.82, 2.24) is 9.97 Å². The Balaban J connectivity index is 2.09. The van der Waals surface area contributed by atoms with Gasteiger partial charge in [0, 0.05) is 18.7 Å².